The maximum absolute atomic E-state index is 5.10. The second-order valence-corrected chi connectivity index (χ2v) is 7.14. The van der Waals surface area contributed by atoms with Crippen molar-refractivity contribution in [1.29, 1.82) is 0 Å². The Labute approximate surface area is 197 Å². The van der Waals surface area contributed by atoms with Gasteiger partial charge in [0, 0.05) is 51.8 Å². The van der Waals surface area contributed by atoms with E-state index in [4.69, 9.17) is 4.74 Å². The third-order valence-electron chi connectivity index (χ3n) is 4.47. The van der Waals surface area contributed by atoms with E-state index in [9.17, 15) is 0 Å². The number of likely N-dealkylation sites (N-methyl/N-ethyl adjacent to an activating group) is 1. The Morgan fingerprint density at radius 3 is 2.63 bits per heavy atom. The highest BCUT2D eigenvalue weighted by Gasteiger charge is 2.05. The highest BCUT2D eigenvalue weighted by molar-refractivity contribution is 14.0. The van der Waals surface area contributed by atoms with Crippen LogP contribution in [0.1, 0.15) is 30.3 Å². The number of ether oxygens (including phenoxy) is 1. The summed E-state index contributed by atoms with van der Waals surface area (Å²) in [5, 5.41) is 11.2. The first-order valence-electron chi connectivity index (χ1n) is 10.2. The van der Waals surface area contributed by atoms with Crippen LogP contribution in [0.4, 0.5) is 0 Å². The third kappa shape index (κ3) is 8.97. The van der Waals surface area contributed by atoms with Gasteiger partial charge < -0.3 is 20.3 Å². The number of aliphatic imine (C=N–C) groups is 1. The van der Waals surface area contributed by atoms with E-state index in [0.29, 0.717) is 6.54 Å². The minimum absolute atomic E-state index is 0. The number of nitrogens with zero attached hydrogens (tertiary/aromatic N) is 5. The molecule has 0 aliphatic rings. The van der Waals surface area contributed by atoms with E-state index in [1.54, 1.807) is 7.11 Å². The van der Waals surface area contributed by atoms with Crippen molar-refractivity contribution < 1.29 is 4.74 Å². The fourth-order valence-electron chi connectivity index (χ4n) is 2.96. The number of aryl methyl sites for hydroxylation is 2. The number of methoxy groups -OCH3 is 1. The maximum atomic E-state index is 5.10. The Hall–Kier alpha value is -1.72. The van der Waals surface area contributed by atoms with E-state index in [1.165, 1.54) is 0 Å². The molecule has 2 rings (SSSR count). The second kappa shape index (κ2) is 14.3. The largest absolute Gasteiger partial charge is 0.385 e. The molecule has 0 radical (unpaired) electrons. The van der Waals surface area contributed by atoms with E-state index in [0.717, 1.165) is 67.9 Å². The van der Waals surface area contributed by atoms with Crippen molar-refractivity contribution in [3.63, 3.8) is 0 Å². The molecule has 2 aromatic heterocycles. The van der Waals surface area contributed by atoms with Crippen LogP contribution in [-0.4, -0.2) is 72.6 Å². The third-order valence-corrected chi connectivity index (χ3v) is 4.47. The first-order valence-corrected chi connectivity index (χ1v) is 10.2. The second-order valence-electron chi connectivity index (χ2n) is 7.14. The number of pyridine rings is 1. The summed E-state index contributed by atoms with van der Waals surface area (Å²) in [5.41, 5.74) is 3.12. The van der Waals surface area contributed by atoms with Gasteiger partial charge >= 0.3 is 0 Å². The van der Waals surface area contributed by atoms with Crippen molar-refractivity contribution in [2.75, 3.05) is 46.9 Å². The molecule has 2 heterocycles. The zero-order valence-electron chi connectivity index (χ0n) is 18.8. The van der Waals surface area contributed by atoms with Gasteiger partial charge in [0.2, 0.25) is 0 Å². The molecule has 0 bridgehead atoms. The van der Waals surface area contributed by atoms with Gasteiger partial charge in [-0.2, -0.15) is 5.10 Å². The molecule has 9 heteroatoms. The lowest BCUT2D eigenvalue weighted by Gasteiger charge is -2.18. The average molecular weight is 529 g/mol. The Balaban J connectivity index is 0.00000450. The predicted molar refractivity (Wildman–Crippen MR) is 133 cm³/mol. The van der Waals surface area contributed by atoms with E-state index < -0.39 is 0 Å². The van der Waals surface area contributed by atoms with Crippen LogP contribution in [0.3, 0.4) is 0 Å². The molecule has 30 heavy (non-hydrogen) atoms. The van der Waals surface area contributed by atoms with Gasteiger partial charge in [0.1, 0.15) is 0 Å². The predicted octanol–water partition coefficient (Wildman–Crippen LogP) is 2.53. The van der Waals surface area contributed by atoms with E-state index in [-0.39, 0.29) is 24.0 Å². The number of halogens is 1. The van der Waals surface area contributed by atoms with Crippen LogP contribution in [0.5, 0.6) is 0 Å². The van der Waals surface area contributed by atoms with Gasteiger partial charge in [-0.25, -0.2) is 14.7 Å². The lowest BCUT2D eigenvalue weighted by atomic mass is 10.3. The van der Waals surface area contributed by atoms with Gasteiger partial charge in [0.15, 0.2) is 11.8 Å². The Kier molecular flexibility index (Phi) is 12.6. The van der Waals surface area contributed by atoms with Crippen molar-refractivity contribution in [3.8, 4) is 5.82 Å². The molecule has 0 aliphatic carbocycles. The monoisotopic (exact) mass is 529 g/mol. The van der Waals surface area contributed by atoms with Crippen LogP contribution < -0.4 is 10.6 Å². The minimum Gasteiger partial charge on any atom is -0.385 e. The SMILES string of the molecule is CCNC(=NCc1ccc(-n2nc(C)cc2C)nc1)NCCN(C)CCCOC.I. The quantitative estimate of drug-likeness (QED) is 0.202. The molecule has 0 saturated carbocycles. The molecule has 0 unspecified atom stereocenters. The zero-order chi connectivity index (χ0) is 21.1. The summed E-state index contributed by atoms with van der Waals surface area (Å²) in [6.07, 6.45) is 2.91. The maximum Gasteiger partial charge on any atom is 0.191 e. The van der Waals surface area contributed by atoms with Crippen LogP contribution in [0.2, 0.25) is 0 Å². The Morgan fingerprint density at radius 2 is 2.03 bits per heavy atom. The van der Waals surface area contributed by atoms with Crippen LogP contribution >= 0.6 is 24.0 Å². The summed E-state index contributed by atoms with van der Waals surface area (Å²) in [4.78, 5) is 11.5. The molecule has 8 nitrogen and oxygen atoms in total. The smallest absolute Gasteiger partial charge is 0.191 e. The number of hydrogen-bond donors (Lipinski definition) is 2. The van der Waals surface area contributed by atoms with Crippen molar-refractivity contribution in [3.05, 3.63) is 41.3 Å². The molecule has 0 aliphatic heterocycles. The molecule has 0 fully saturated rings. The van der Waals surface area contributed by atoms with Gasteiger partial charge in [0.05, 0.1) is 12.2 Å². The van der Waals surface area contributed by atoms with E-state index in [2.05, 4.69) is 50.6 Å². The summed E-state index contributed by atoms with van der Waals surface area (Å²) >= 11 is 0. The highest BCUT2D eigenvalue weighted by atomic mass is 127. The Morgan fingerprint density at radius 1 is 1.23 bits per heavy atom. The molecule has 2 aromatic rings. The summed E-state index contributed by atoms with van der Waals surface area (Å²) in [7, 11) is 3.86. The zero-order valence-corrected chi connectivity index (χ0v) is 21.1. The van der Waals surface area contributed by atoms with Gasteiger partial charge in [-0.15, -0.1) is 24.0 Å². The van der Waals surface area contributed by atoms with E-state index >= 15 is 0 Å². The highest BCUT2D eigenvalue weighted by Crippen LogP contribution is 2.10. The van der Waals surface area contributed by atoms with Crippen LogP contribution in [0, 0.1) is 13.8 Å². The van der Waals surface area contributed by atoms with Gasteiger partial charge in [0.25, 0.3) is 0 Å². The number of rotatable bonds is 11. The minimum atomic E-state index is 0. The summed E-state index contributed by atoms with van der Waals surface area (Å²) in [5.74, 6) is 1.64. The average Bonchev–Trinajstić information content (AvgIpc) is 3.05. The van der Waals surface area contributed by atoms with Crippen LogP contribution in [-0.2, 0) is 11.3 Å². The van der Waals surface area contributed by atoms with Crippen molar-refractivity contribution in [1.82, 2.24) is 30.3 Å². The molecule has 2 N–H and O–H groups in total. The summed E-state index contributed by atoms with van der Waals surface area (Å²) < 4.78 is 6.96. The first-order chi connectivity index (χ1) is 14.0. The number of aromatic nitrogens is 3. The van der Waals surface area contributed by atoms with Crippen LogP contribution in [0.15, 0.2) is 29.4 Å². The molecule has 0 atom stereocenters. The number of guanidine groups is 1. The standard InChI is InChI=1S/C21H35N7O.HI/c1-6-22-21(23-10-12-27(4)11-7-13-29-5)25-16-19-8-9-20(24-15-19)28-18(3)14-17(2)26-28;/h8-9,14-15H,6-7,10-13,16H2,1-5H3,(H2,22,23,25);1H. The Bertz CT molecular complexity index is 761. The molecule has 168 valence electrons. The van der Waals surface area contributed by atoms with Crippen LogP contribution in [0.25, 0.3) is 5.82 Å². The van der Waals surface area contributed by atoms with Crippen molar-refractivity contribution >= 4 is 29.9 Å². The van der Waals surface area contributed by atoms with E-state index in [1.807, 2.05) is 36.9 Å². The summed E-state index contributed by atoms with van der Waals surface area (Å²) in [6, 6.07) is 6.08. The molecular weight excluding hydrogens is 493 g/mol. The van der Waals surface area contributed by atoms with Gasteiger partial charge in [-0.1, -0.05) is 6.07 Å². The topological polar surface area (TPSA) is 79.6 Å². The molecule has 0 amide bonds. The lowest BCUT2D eigenvalue weighted by Crippen LogP contribution is -2.41. The lowest BCUT2D eigenvalue weighted by molar-refractivity contribution is 0.180. The van der Waals surface area contributed by atoms with Crippen molar-refractivity contribution in [2.24, 2.45) is 4.99 Å². The summed E-state index contributed by atoms with van der Waals surface area (Å²) in [6.45, 7) is 11.1. The molecule has 0 spiro atoms. The fourth-order valence-corrected chi connectivity index (χ4v) is 2.96. The fraction of sp³-hybridized carbons (Fsp3) is 0.571. The molecule has 0 aromatic carbocycles. The van der Waals surface area contributed by atoms with Gasteiger partial charge in [-0.3, -0.25) is 0 Å². The number of nitrogens with one attached hydrogen (secondary N) is 2. The van der Waals surface area contributed by atoms with Crippen molar-refractivity contribution in [2.45, 2.75) is 33.7 Å². The van der Waals surface area contributed by atoms with Gasteiger partial charge in [-0.05, 0) is 51.9 Å². The first kappa shape index (κ1) is 26.3. The molecule has 0 saturated heterocycles. The number of hydrogen-bond acceptors (Lipinski definition) is 5. The normalized spacial score (nSPS) is 11.5. The molecular formula is C21H36IN7O.